The largest absolute Gasteiger partial charge is 0.497 e. The van der Waals surface area contributed by atoms with Crippen LogP contribution < -0.4 is 14.4 Å². The van der Waals surface area contributed by atoms with Crippen molar-refractivity contribution < 1.29 is 14.0 Å². The number of benzene rings is 2. The molecular formula is C21H23N3O3. The van der Waals surface area contributed by atoms with Crippen molar-refractivity contribution in [2.45, 2.75) is 25.9 Å². The maximum absolute atomic E-state index is 5.68. The van der Waals surface area contributed by atoms with Crippen LogP contribution in [0.1, 0.15) is 25.2 Å². The Bertz CT molecular complexity index is 853. The van der Waals surface area contributed by atoms with E-state index in [9.17, 15) is 0 Å². The second kappa shape index (κ2) is 8.12. The topological polar surface area (TPSA) is 60.6 Å². The quantitative estimate of drug-likeness (QED) is 0.648. The summed E-state index contributed by atoms with van der Waals surface area (Å²) in [5.74, 6) is 2.53. The standard InChI is InChI=1S/C21H23N3O3/c1-25-18-9-11-19(12-10-18)26-15-20-22-21(23-27-20)16-5-7-17(8-6-16)24-13-3-2-4-14-24/h5-12H,2-4,13-15H2,1H3. The van der Waals surface area contributed by atoms with E-state index >= 15 is 0 Å². The Hall–Kier alpha value is -3.02. The third kappa shape index (κ3) is 4.22. The van der Waals surface area contributed by atoms with Gasteiger partial charge in [0.1, 0.15) is 11.5 Å². The Morgan fingerprint density at radius 2 is 1.63 bits per heavy atom. The van der Waals surface area contributed by atoms with Gasteiger partial charge in [-0.2, -0.15) is 4.98 Å². The number of nitrogens with zero attached hydrogens (tertiary/aromatic N) is 3. The van der Waals surface area contributed by atoms with Crippen molar-refractivity contribution in [2.75, 3.05) is 25.1 Å². The minimum atomic E-state index is 0.227. The molecule has 0 radical (unpaired) electrons. The van der Waals surface area contributed by atoms with Crippen LogP contribution >= 0.6 is 0 Å². The fraction of sp³-hybridized carbons (Fsp3) is 0.333. The molecule has 0 amide bonds. The van der Waals surface area contributed by atoms with Crippen LogP contribution in [0.4, 0.5) is 5.69 Å². The van der Waals surface area contributed by atoms with Gasteiger partial charge in [-0.15, -0.1) is 0 Å². The summed E-state index contributed by atoms with van der Waals surface area (Å²) in [5.41, 5.74) is 2.19. The molecule has 1 saturated heterocycles. The third-order valence-corrected chi connectivity index (χ3v) is 4.74. The summed E-state index contributed by atoms with van der Waals surface area (Å²) in [6, 6.07) is 15.7. The number of piperidine rings is 1. The van der Waals surface area contributed by atoms with E-state index in [0.717, 1.165) is 30.2 Å². The molecule has 0 aliphatic carbocycles. The summed E-state index contributed by atoms with van der Waals surface area (Å²) in [6.07, 6.45) is 3.87. The van der Waals surface area contributed by atoms with E-state index in [2.05, 4.69) is 27.2 Å². The highest BCUT2D eigenvalue weighted by atomic mass is 16.5. The maximum atomic E-state index is 5.68. The molecule has 0 N–H and O–H groups in total. The molecule has 0 bridgehead atoms. The van der Waals surface area contributed by atoms with Gasteiger partial charge in [-0.1, -0.05) is 5.16 Å². The van der Waals surface area contributed by atoms with Crippen LogP contribution in [0.5, 0.6) is 11.5 Å². The van der Waals surface area contributed by atoms with Crippen molar-refractivity contribution in [3.8, 4) is 22.9 Å². The van der Waals surface area contributed by atoms with Gasteiger partial charge in [0.05, 0.1) is 7.11 Å². The zero-order chi connectivity index (χ0) is 18.5. The SMILES string of the molecule is COc1ccc(OCc2nc(-c3ccc(N4CCCCC4)cc3)no2)cc1. The fourth-order valence-electron chi connectivity index (χ4n) is 3.22. The van der Waals surface area contributed by atoms with E-state index in [1.165, 1.54) is 24.9 Å². The van der Waals surface area contributed by atoms with E-state index in [4.69, 9.17) is 14.0 Å². The van der Waals surface area contributed by atoms with Crippen LogP contribution in [-0.4, -0.2) is 30.3 Å². The molecule has 0 atom stereocenters. The van der Waals surface area contributed by atoms with Crippen LogP contribution in [0.3, 0.4) is 0 Å². The summed E-state index contributed by atoms with van der Waals surface area (Å²) in [7, 11) is 1.63. The summed E-state index contributed by atoms with van der Waals surface area (Å²) in [4.78, 5) is 6.86. The number of rotatable bonds is 6. The predicted molar refractivity (Wildman–Crippen MR) is 103 cm³/mol. The van der Waals surface area contributed by atoms with Gasteiger partial charge in [-0.3, -0.25) is 0 Å². The van der Waals surface area contributed by atoms with E-state index < -0.39 is 0 Å². The minimum absolute atomic E-state index is 0.227. The number of methoxy groups -OCH3 is 1. The first-order chi connectivity index (χ1) is 13.3. The Balaban J connectivity index is 1.38. The van der Waals surface area contributed by atoms with Gasteiger partial charge >= 0.3 is 0 Å². The van der Waals surface area contributed by atoms with Gasteiger partial charge in [0.25, 0.3) is 5.89 Å². The van der Waals surface area contributed by atoms with Crippen LogP contribution in [0.25, 0.3) is 11.4 Å². The highest BCUT2D eigenvalue weighted by Gasteiger charge is 2.13. The van der Waals surface area contributed by atoms with Gasteiger partial charge in [-0.05, 0) is 67.8 Å². The number of aromatic nitrogens is 2. The first-order valence-corrected chi connectivity index (χ1v) is 9.27. The van der Waals surface area contributed by atoms with Crippen molar-refractivity contribution in [1.29, 1.82) is 0 Å². The third-order valence-electron chi connectivity index (χ3n) is 4.74. The Labute approximate surface area is 158 Å². The number of ether oxygens (including phenoxy) is 2. The second-order valence-electron chi connectivity index (χ2n) is 6.57. The molecule has 6 nitrogen and oxygen atoms in total. The van der Waals surface area contributed by atoms with Crippen LogP contribution in [0.15, 0.2) is 53.1 Å². The minimum Gasteiger partial charge on any atom is -0.497 e. The average Bonchev–Trinajstić information content (AvgIpc) is 3.22. The molecule has 2 heterocycles. The van der Waals surface area contributed by atoms with Gasteiger partial charge in [0, 0.05) is 24.3 Å². The molecule has 3 aromatic rings. The summed E-state index contributed by atoms with van der Waals surface area (Å²) in [5, 5.41) is 4.07. The van der Waals surface area contributed by atoms with Crippen LogP contribution in [-0.2, 0) is 6.61 Å². The summed E-state index contributed by atoms with van der Waals surface area (Å²) >= 11 is 0. The van der Waals surface area contributed by atoms with Crippen molar-refractivity contribution in [3.05, 3.63) is 54.4 Å². The lowest BCUT2D eigenvalue weighted by molar-refractivity contribution is 0.242. The van der Waals surface area contributed by atoms with Crippen molar-refractivity contribution in [1.82, 2.24) is 10.1 Å². The van der Waals surface area contributed by atoms with Gasteiger partial charge < -0.3 is 18.9 Å². The molecule has 140 valence electrons. The zero-order valence-corrected chi connectivity index (χ0v) is 15.4. The zero-order valence-electron chi connectivity index (χ0n) is 15.4. The number of hydrogen-bond donors (Lipinski definition) is 0. The Kier molecular flexibility index (Phi) is 5.23. The molecule has 0 spiro atoms. The normalized spacial score (nSPS) is 14.2. The monoisotopic (exact) mass is 365 g/mol. The Morgan fingerprint density at radius 3 is 2.33 bits per heavy atom. The first kappa shape index (κ1) is 17.4. The molecule has 1 aliphatic rings. The van der Waals surface area contributed by atoms with Gasteiger partial charge in [0.15, 0.2) is 6.61 Å². The number of hydrogen-bond acceptors (Lipinski definition) is 6. The highest BCUT2D eigenvalue weighted by molar-refractivity contribution is 5.60. The highest BCUT2D eigenvalue weighted by Crippen LogP contribution is 2.24. The molecule has 0 saturated carbocycles. The molecule has 6 heteroatoms. The van der Waals surface area contributed by atoms with E-state index in [-0.39, 0.29) is 6.61 Å². The van der Waals surface area contributed by atoms with Crippen LogP contribution in [0.2, 0.25) is 0 Å². The molecular weight excluding hydrogens is 342 g/mol. The fourth-order valence-corrected chi connectivity index (χ4v) is 3.22. The predicted octanol–water partition coefficient (Wildman–Crippen LogP) is 4.31. The maximum Gasteiger partial charge on any atom is 0.264 e. The first-order valence-electron chi connectivity index (χ1n) is 9.27. The lowest BCUT2D eigenvalue weighted by Gasteiger charge is -2.28. The van der Waals surface area contributed by atoms with Gasteiger partial charge in [-0.25, -0.2) is 0 Å². The molecule has 2 aromatic carbocycles. The smallest absolute Gasteiger partial charge is 0.264 e. The molecule has 27 heavy (non-hydrogen) atoms. The lowest BCUT2D eigenvalue weighted by atomic mass is 10.1. The van der Waals surface area contributed by atoms with Gasteiger partial charge in [0.2, 0.25) is 5.82 Å². The summed E-state index contributed by atoms with van der Waals surface area (Å²) < 4.78 is 16.1. The molecule has 1 fully saturated rings. The summed E-state index contributed by atoms with van der Waals surface area (Å²) in [6.45, 7) is 2.49. The van der Waals surface area contributed by atoms with Crippen molar-refractivity contribution in [2.24, 2.45) is 0 Å². The molecule has 1 aliphatic heterocycles. The van der Waals surface area contributed by atoms with E-state index in [1.54, 1.807) is 7.11 Å². The Morgan fingerprint density at radius 1 is 0.926 bits per heavy atom. The van der Waals surface area contributed by atoms with E-state index in [0.29, 0.717) is 11.7 Å². The molecule has 4 rings (SSSR count). The average molecular weight is 365 g/mol. The van der Waals surface area contributed by atoms with E-state index in [1.807, 2.05) is 36.4 Å². The second-order valence-corrected chi connectivity index (χ2v) is 6.57. The van der Waals surface area contributed by atoms with Crippen LogP contribution in [0, 0.1) is 0 Å². The van der Waals surface area contributed by atoms with Crippen molar-refractivity contribution in [3.63, 3.8) is 0 Å². The molecule has 0 unspecified atom stereocenters. The van der Waals surface area contributed by atoms with Crippen molar-refractivity contribution >= 4 is 5.69 Å². The lowest BCUT2D eigenvalue weighted by Crippen LogP contribution is -2.29. The number of anilines is 1. The molecule has 1 aromatic heterocycles.